The molecule has 4 nitrogen and oxygen atoms in total. The van der Waals surface area contributed by atoms with Gasteiger partial charge < -0.3 is 9.84 Å². The van der Waals surface area contributed by atoms with E-state index in [-0.39, 0.29) is 6.61 Å². The molecule has 1 aliphatic rings. The van der Waals surface area contributed by atoms with Crippen molar-refractivity contribution in [1.29, 1.82) is 0 Å². The van der Waals surface area contributed by atoms with E-state index in [2.05, 4.69) is 0 Å². The van der Waals surface area contributed by atoms with Crippen molar-refractivity contribution in [2.24, 2.45) is 0 Å². The third kappa shape index (κ3) is 1.83. The maximum Gasteiger partial charge on any atom is 0.186 e. The van der Waals surface area contributed by atoms with E-state index in [1.54, 1.807) is 32.2 Å². The SMILES string of the molecule is COc1ccc(S(=O)(=O)C2(CO)CC2)c(C)c1. The van der Waals surface area contributed by atoms with Crippen LogP contribution >= 0.6 is 0 Å². The predicted molar refractivity (Wildman–Crippen MR) is 64.0 cm³/mol. The van der Waals surface area contributed by atoms with Crippen LogP contribution in [-0.2, 0) is 9.84 Å². The van der Waals surface area contributed by atoms with Gasteiger partial charge >= 0.3 is 0 Å². The van der Waals surface area contributed by atoms with Crippen LogP contribution in [0.2, 0.25) is 0 Å². The number of aliphatic hydroxyl groups is 1. The van der Waals surface area contributed by atoms with Gasteiger partial charge in [-0.15, -0.1) is 0 Å². The Morgan fingerprint density at radius 1 is 1.41 bits per heavy atom. The Balaban J connectivity index is 2.48. The Bertz CT molecular complexity index is 529. The molecule has 0 spiro atoms. The summed E-state index contributed by atoms with van der Waals surface area (Å²) in [5, 5.41) is 9.24. The third-order valence-corrected chi connectivity index (χ3v) is 6.05. The van der Waals surface area contributed by atoms with Gasteiger partial charge in [0.25, 0.3) is 0 Å². The van der Waals surface area contributed by atoms with Crippen molar-refractivity contribution in [2.45, 2.75) is 29.4 Å². The van der Waals surface area contributed by atoms with Crippen LogP contribution in [0.15, 0.2) is 23.1 Å². The molecule has 5 heteroatoms. The highest BCUT2D eigenvalue weighted by atomic mass is 32.2. The number of hydrogen-bond donors (Lipinski definition) is 1. The smallest absolute Gasteiger partial charge is 0.186 e. The molecule has 1 aliphatic carbocycles. The van der Waals surface area contributed by atoms with Crippen molar-refractivity contribution in [2.75, 3.05) is 13.7 Å². The average molecular weight is 256 g/mol. The summed E-state index contributed by atoms with van der Waals surface area (Å²) in [6.07, 6.45) is 1.08. The highest BCUT2D eigenvalue weighted by Crippen LogP contribution is 2.47. The standard InChI is InChI=1S/C12H16O4S/c1-9-7-10(16-2)3-4-11(9)17(14,15)12(8-13)5-6-12/h3-4,7,13H,5-6,8H2,1-2H3. The Labute approximate surface area is 101 Å². The Morgan fingerprint density at radius 3 is 2.47 bits per heavy atom. The zero-order valence-electron chi connectivity index (χ0n) is 9.93. The monoisotopic (exact) mass is 256 g/mol. The zero-order chi connectivity index (χ0) is 12.7. The summed E-state index contributed by atoms with van der Waals surface area (Å²) in [4.78, 5) is 0.296. The van der Waals surface area contributed by atoms with Gasteiger partial charge in [0.1, 0.15) is 5.75 Å². The van der Waals surface area contributed by atoms with Crippen molar-refractivity contribution in [3.05, 3.63) is 23.8 Å². The van der Waals surface area contributed by atoms with E-state index in [0.717, 1.165) is 0 Å². The maximum absolute atomic E-state index is 12.4. The van der Waals surface area contributed by atoms with E-state index >= 15 is 0 Å². The molecule has 0 atom stereocenters. The van der Waals surface area contributed by atoms with Crippen LogP contribution in [0.5, 0.6) is 5.75 Å². The van der Waals surface area contributed by atoms with Crippen molar-refractivity contribution in [1.82, 2.24) is 0 Å². The number of methoxy groups -OCH3 is 1. The van der Waals surface area contributed by atoms with E-state index < -0.39 is 14.6 Å². The average Bonchev–Trinajstić information content (AvgIpc) is 3.09. The normalized spacial score (nSPS) is 17.8. The summed E-state index contributed by atoms with van der Waals surface area (Å²) in [7, 11) is -1.90. The second-order valence-corrected chi connectivity index (χ2v) is 6.79. The van der Waals surface area contributed by atoms with Crippen LogP contribution in [0.3, 0.4) is 0 Å². The minimum Gasteiger partial charge on any atom is -0.497 e. The summed E-state index contributed by atoms with van der Waals surface area (Å²) in [6.45, 7) is 1.43. The second-order valence-electron chi connectivity index (χ2n) is 4.48. The molecule has 2 rings (SSSR count). The number of rotatable bonds is 4. The molecular weight excluding hydrogens is 240 g/mol. The Kier molecular flexibility index (Phi) is 2.91. The third-order valence-electron chi connectivity index (χ3n) is 3.34. The van der Waals surface area contributed by atoms with Gasteiger partial charge in [0.15, 0.2) is 9.84 Å². The molecule has 1 aromatic rings. The molecule has 0 unspecified atom stereocenters. The molecule has 0 amide bonds. The molecule has 0 aromatic heterocycles. The van der Waals surface area contributed by atoms with Crippen LogP contribution < -0.4 is 4.74 Å². The zero-order valence-corrected chi connectivity index (χ0v) is 10.8. The molecule has 1 fully saturated rings. The summed E-state index contributed by atoms with van der Waals surface area (Å²) in [5.74, 6) is 0.635. The Morgan fingerprint density at radius 2 is 2.06 bits per heavy atom. The number of ether oxygens (including phenoxy) is 1. The van der Waals surface area contributed by atoms with E-state index in [0.29, 0.717) is 29.1 Å². The number of benzene rings is 1. The van der Waals surface area contributed by atoms with Crippen molar-refractivity contribution >= 4 is 9.84 Å². The molecule has 1 saturated carbocycles. The lowest BCUT2D eigenvalue weighted by Gasteiger charge is -2.15. The van der Waals surface area contributed by atoms with Crippen LogP contribution in [0.25, 0.3) is 0 Å². The summed E-state index contributed by atoms with van der Waals surface area (Å²) < 4.78 is 28.8. The summed E-state index contributed by atoms with van der Waals surface area (Å²) >= 11 is 0. The minimum atomic E-state index is -3.44. The molecule has 1 N–H and O–H groups in total. The second kappa shape index (κ2) is 3.99. The van der Waals surface area contributed by atoms with Gasteiger partial charge in [-0.3, -0.25) is 0 Å². The van der Waals surface area contributed by atoms with Crippen LogP contribution in [0.1, 0.15) is 18.4 Å². The number of hydrogen-bond acceptors (Lipinski definition) is 4. The fourth-order valence-corrected chi connectivity index (χ4v) is 3.94. The molecule has 0 aliphatic heterocycles. The first kappa shape index (κ1) is 12.4. The lowest BCUT2D eigenvalue weighted by atomic mass is 10.2. The van der Waals surface area contributed by atoms with E-state index in [4.69, 9.17) is 4.74 Å². The number of aliphatic hydroxyl groups excluding tert-OH is 1. The van der Waals surface area contributed by atoms with Crippen LogP contribution in [0.4, 0.5) is 0 Å². The number of aryl methyl sites for hydroxylation is 1. The molecule has 17 heavy (non-hydrogen) atoms. The van der Waals surface area contributed by atoms with Gasteiger partial charge in [-0.1, -0.05) is 0 Å². The molecule has 0 saturated heterocycles. The topological polar surface area (TPSA) is 63.6 Å². The maximum atomic E-state index is 12.4. The lowest BCUT2D eigenvalue weighted by Crippen LogP contribution is -2.27. The highest BCUT2D eigenvalue weighted by molar-refractivity contribution is 7.93. The highest BCUT2D eigenvalue weighted by Gasteiger charge is 2.54. The van der Waals surface area contributed by atoms with Gasteiger partial charge in [-0.05, 0) is 43.5 Å². The van der Waals surface area contributed by atoms with Gasteiger partial charge in [0.05, 0.1) is 23.4 Å². The van der Waals surface area contributed by atoms with Crippen molar-refractivity contribution < 1.29 is 18.3 Å². The van der Waals surface area contributed by atoms with Gasteiger partial charge in [0.2, 0.25) is 0 Å². The number of sulfone groups is 1. The first-order valence-electron chi connectivity index (χ1n) is 5.47. The van der Waals surface area contributed by atoms with E-state index in [1.165, 1.54) is 0 Å². The van der Waals surface area contributed by atoms with Gasteiger partial charge in [0, 0.05) is 0 Å². The van der Waals surface area contributed by atoms with Crippen LogP contribution in [-0.4, -0.2) is 32.0 Å². The van der Waals surface area contributed by atoms with Gasteiger partial charge in [-0.25, -0.2) is 8.42 Å². The molecule has 94 valence electrons. The molecule has 0 radical (unpaired) electrons. The Hall–Kier alpha value is -1.07. The first-order valence-corrected chi connectivity index (χ1v) is 6.95. The molecule has 0 heterocycles. The van der Waals surface area contributed by atoms with Crippen LogP contribution in [0, 0.1) is 6.92 Å². The predicted octanol–water partition coefficient (Wildman–Crippen LogP) is 1.30. The van der Waals surface area contributed by atoms with Crippen molar-refractivity contribution in [3.63, 3.8) is 0 Å². The summed E-state index contributed by atoms with van der Waals surface area (Å²) in [5.41, 5.74) is 0.657. The van der Waals surface area contributed by atoms with Crippen molar-refractivity contribution in [3.8, 4) is 5.75 Å². The molecular formula is C12H16O4S. The lowest BCUT2D eigenvalue weighted by molar-refractivity contribution is 0.283. The first-order chi connectivity index (χ1) is 7.97. The fourth-order valence-electron chi connectivity index (χ4n) is 1.93. The largest absolute Gasteiger partial charge is 0.497 e. The quantitative estimate of drug-likeness (QED) is 0.882. The van der Waals surface area contributed by atoms with E-state index in [1.807, 2.05) is 0 Å². The van der Waals surface area contributed by atoms with Gasteiger partial charge in [-0.2, -0.15) is 0 Å². The molecule has 0 bridgehead atoms. The fraction of sp³-hybridized carbons (Fsp3) is 0.500. The van der Waals surface area contributed by atoms with E-state index in [9.17, 15) is 13.5 Å². The summed E-state index contributed by atoms with van der Waals surface area (Å²) in [6, 6.07) is 4.88. The minimum absolute atomic E-state index is 0.296. The molecule has 1 aromatic carbocycles.